The summed E-state index contributed by atoms with van der Waals surface area (Å²) in [5, 5.41) is 4.34. The molecule has 40 heavy (non-hydrogen) atoms. The van der Waals surface area contributed by atoms with Gasteiger partial charge in [0.05, 0.1) is 11.8 Å². The van der Waals surface area contributed by atoms with Gasteiger partial charge in [-0.2, -0.15) is 5.10 Å². The molecule has 0 radical (unpaired) electrons. The summed E-state index contributed by atoms with van der Waals surface area (Å²) in [6.07, 6.45) is 6.74. The lowest BCUT2D eigenvalue weighted by molar-refractivity contribution is 0.0852. The Bertz CT molecular complexity index is 1760. The van der Waals surface area contributed by atoms with Gasteiger partial charge in [0, 0.05) is 37.7 Å². The van der Waals surface area contributed by atoms with Crippen LogP contribution in [0, 0.1) is 11.6 Å². The van der Waals surface area contributed by atoms with E-state index in [1.807, 2.05) is 12.3 Å². The number of nitrogens with zero attached hydrogens (tertiary/aromatic N) is 3. The minimum Gasteiger partial charge on any atom is -0.452 e. The maximum atomic E-state index is 15.2. The second-order valence-electron chi connectivity index (χ2n) is 9.73. The molecule has 5 aromatic rings. The molecule has 1 aliphatic heterocycles. The van der Waals surface area contributed by atoms with Crippen LogP contribution in [-0.4, -0.2) is 33.2 Å². The number of hydrogen-bond donors (Lipinski definition) is 0. The van der Waals surface area contributed by atoms with Gasteiger partial charge in [0.1, 0.15) is 11.3 Å². The number of carbonyl (C=O) groups excluding carboxylic acids is 1. The van der Waals surface area contributed by atoms with Crippen molar-refractivity contribution in [3.05, 3.63) is 124 Å². The third-order valence-corrected chi connectivity index (χ3v) is 7.12. The number of fused-ring (bicyclic) bond motifs is 1. The van der Waals surface area contributed by atoms with Crippen LogP contribution in [0.15, 0.2) is 90.1 Å². The number of pyridine rings is 2. The standard InChI is InChI=1S/C31H25F2N3O4/c32-23-4-6-24(7-5-23)35-13-1-2-25(31(35)38)28(37)17-20-3-8-29(26(33)16-20)40-30-18-22(21-10-14-39-15-11-21)19-36-27(30)9-12-34-36/h1-9,12-13,16,18-19,21H,10-11,14-15,17H2. The van der Waals surface area contributed by atoms with Crippen molar-refractivity contribution in [3.8, 4) is 17.2 Å². The molecule has 3 aromatic heterocycles. The zero-order valence-electron chi connectivity index (χ0n) is 21.4. The lowest BCUT2D eigenvalue weighted by Gasteiger charge is -2.23. The predicted molar refractivity (Wildman–Crippen MR) is 144 cm³/mol. The highest BCUT2D eigenvalue weighted by atomic mass is 19.1. The summed E-state index contributed by atoms with van der Waals surface area (Å²) in [6.45, 7) is 1.38. The smallest absolute Gasteiger partial charge is 0.265 e. The Morgan fingerprint density at radius 1 is 1.00 bits per heavy atom. The number of Topliss-reactive ketones (excluding diaryl/α,β-unsaturated/α-hetero) is 1. The number of hydrogen-bond acceptors (Lipinski definition) is 5. The first-order valence-electron chi connectivity index (χ1n) is 13.0. The highest BCUT2D eigenvalue weighted by Gasteiger charge is 2.20. The van der Waals surface area contributed by atoms with E-state index in [2.05, 4.69) is 5.10 Å². The van der Waals surface area contributed by atoms with Crippen LogP contribution in [0.1, 0.15) is 40.2 Å². The van der Waals surface area contributed by atoms with Crippen molar-refractivity contribution in [1.29, 1.82) is 0 Å². The SMILES string of the molecule is O=C(Cc1ccc(Oc2cc(C3CCOCC3)cn3nccc23)c(F)c1)c1cccn(-c2ccc(F)cc2)c1=O. The minimum atomic E-state index is -0.629. The molecule has 6 rings (SSSR count). The van der Waals surface area contributed by atoms with Crippen molar-refractivity contribution in [2.45, 2.75) is 25.2 Å². The molecule has 4 heterocycles. The van der Waals surface area contributed by atoms with Gasteiger partial charge in [-0.15, -0.1) is 0 Å². The monoisotopic (exact) mass is 541 g/mol. The average Bonchev–Trinajstić information content (AvgIpc) is 3.45. The summed E-state index contributed by atoms with van der Waals surface area (Å²) in [7, 11) is 0. The minimum absolute atomic E-state index is 0.0156. The van der Waals surface area contributed by atoms with Crippen LogP contribution in [0.5, 0.6) is 11.5 Å². The van der Waals surface area contributed by atoms with Gasteiger partial charge in [-0.05, 0) is 90.6 Å². The zero-order chi connectivity index (χ0) is 27.6. The van der Waals surface area contributed by atoms with E-state index in [9.17, 15) is 14.0 Å². The summed E-state index contributed by atoms with van der Waals surface area (Å²) in [5.41, 5.74) is 2.01. The van der Waals surface area contributed by atoms with E-state index < -0.39 is 23.0 Å². The molecule has 202 valence electrons. The van der Waals surface area contributed by atoms with E-state index >= 15 is 4.39 Å². The number of aromatic nitrogens is 3. The van der Waals surface area contributed by atoms with Crippen molar-refractivity contribution < 1.29 is 23.0 Å². The quantitative estimate of drug-likeness (QED) is 0.241. The second-order valence-corrected chi connectivity index (χ2v) is 9.73. The normalized spacial score (nSPS) is 13.9. The average molecular weight is 542 g/mol. The molecular weight excluding hydrogens is 516 g/mol. The molecule has 0 unspecified atom stereocenters. The summed E-state index contributed by atoms with van der Waals surface area (Å²) >= 11 is 0. The van der Waals surface area contributed by atoms with Gasteiger partial charge in [-0.3, -0.25) is 14.2 Å². The van der Waals surface area contributed by atoms with Crippen LogP contribution in [0.3, 0.4) is 0 Å². The molecule has 0 atom stereocenters. The Morgan fingerprint density at radius 3 is 2.58 bits per heavy atom. The fourth-order valence-electron chi connectivity index (χ4n) is 5.00. The number of carbonyl (C=O) groups is 1. The van der Waals surface area contributed by atoms with Crippen molar-refractivity contribution in [3.63, 3.8) is 0 Å². The zero-order valence-corrected chi connectivity index (χ0v) is 21.4. The Morgan fingerprint density at radius 2 is 1.80 bits per heavy atom. The lowest BCUT2D eigenvalue weighted by atomic mass is 9.93. The van der Waals surface area contributed by atoms with Crippen LogP contribution < -0.4 is 10.3 Å². The molecule has 2 aromatic carbocycles. The first-order valence-corrected chi connectivity index (χ1v) is 13.0. The number of ether oxygens (including phenoxy) is 2. The summed E-state index contributed by atoms with van der Waals surface area (Å²) in [4.78, 5) is 26.0. The molecule has 0 aliphatic carbocycles. The van der Waals surface area contributed by atoms with Crippen molar-refractivity contribution in [1.82, 2.24) is 14.2 Å². The Labute approximate surface area is 228 Å². The largest absolute Gasteiger partial charge is 0.452 e. The predicted octanol–water partition coefficient (Wildman–Crippen LogP) is 5.88. The van der Waals surface area contributed by atoms with Crippen molar-refractivity contribution >= 4 is 11.3 Å². The lowest BCUT2D eigenvalue weighted by Crippen LogP contribution is -2.25. The molecule has 0 amide bonds. The van der Waals surface area contributed by atoms with E-state index in [0.717, 1.165) is 18.4 Å². The Kier molecular flexibility index (Phi) is 6.96. The van der Waals surface area contributed by atoms with Gasteiger partial charge >= 0.3 is 0 Å². The molecule has 1 fully saturated rings. The van der Waals surface area contributed by atoms with Gasteiger partial charge < -0.3 is 9.47 Å². The first-order chi connectivity index (χ1) is 19.5. The second kappa shape index (κ2) is 10.9. The number of halogens is 2. The van der Waals surface area contributed by atoms with Gasteiger partial charge in [-0.25, -0.2) is 13.3 Å². The van der Waals surface area contributed by atoms with Gasteiger partial charge in [0.25, 0.3) is 5.56 Å². The fourth-order valence-corrected chi connectivity index (χ4v) is 5.00. The topological polar surface area (TPSA) is 74.8 Å². The van der Waals surface area contributed by atoms with Crippen LogP contribution in [0.4, 0.5) is 8.78 Å². The van der Waals surface area contributed by atoms with Crippen LogP contribution >= 0.6 is 0 Å². The summed E-state index contributed by atoms with van der Waals surface area (Å²) in [5.74, 6) is -0.721. The third-order valence-electron chi connectivity index (χ3n) is 7.12. The number of ketones is 1. The highest BCUT2D eigenvalue weighted by Crippen LogP contribution is 2.34. The van der Waals surface area contributed by atoms with Crippen LogP contribution in [0.25, 0.3) is 11.2 Å². The van der Waals surface area contributed by atoms with Crippen molar-refractivity contribution in [2.75, 3.05) is 13.2 Å². The molecule has 1 saturated heterocycles. The Hall–Kier alpha value is -4.63. The number of benzene rings is 2. The van der Waals surface area contributed by atoms with Crippen molar-refractivity contribution in [2.24, 2.45) is 0 Å². The van der Waals surface area contributed by atoms with Gasteiger partial charge in [-0.1, -0.05) is 6.07 Å². The Balaban J connectivity index is 1.22. The summed E-state index contributed by atoms with van der Waals surface area (Å²) in [6, 6.07) is 16.4. The van der Waals surface area contributed by atoms with E-state index in [4.69, 9.17) is 9.47 Å². The maximum Gasteiger partial charge on any atom is 0.265 e. The third kappa shape index (κ3) is 5.15. The fraction of sp³-hybridized carbons (Fsp3) is 0.194. The highest BCUT2D eigenvalue weighted by molar-refractivity contribution is 5.97. The van der Waals surface area contributed by atoms with E-state index in [0.29, 0.717) is 41.6 Å². The van der Waals surface area contributed by atoms with Crippen LogP contribution in [-0.2, 0) is 11.2 Å². The molecule has 0 N–H and O–H groups in total. The van der Waals surface area contributed by atoms with E-state index in [1.54, 1.807) is 28.9 Å². The summed E-state index contributed by atoms with van der Waals surface area (Å²) < 4.78 is 43.0. The molecular formula is C31H25F2N3O4. The van der Waals surface area contributed by atoms with Gasteiger partial charge in [0.15, 0.2) is 23.1 Å². The molecule has 0 bridgehead atoms. The van der Waals surface area contributed by atoms with E-state index in [-0.39, 0.29) is 17.7 Å². The molecule has 9 heteroatoms. The molecule has 0 saturated carbocycles. The number of rotatable bonds is 7. The maximum absolute atomic E-state index is 15.2. The first kappa shape index (κ1) is 25.6. The molecule has 1 aliphatic rings. The molecule has 7 nitrogen and oxygen atoms in total. The van der Waals surface area contributed by atoms with Gasteiger partial charge in [0.2, 0.25) is 0 Å². The van der Waals surface area contributed by atoms with Crippen LogP contribution in [0.2, 0.25) is 0 Å². The van der Waals surface area contributed by atoms with E-state index in [1.165, 1.54) is 53.2 Å². The molecule has 0 spiro atoms.